The van der Waals surface area contributed by atoms with Crippen LogP contribution in [-0.4, -0.2) is 31.6 Å². The van der Waals surface area contributed by atoms with Gasteiger partial charge in [0.2, 0.25) is 5.91 Å². The van der Waals surface area contributed by atoms with E-state index in [1.807, 2.05) is 12.1 Å². The van der Waals surface area contributed by atoms with Gasteiger partial charge in [0.15, 0.2) is 0 Å². The molecule has 3 rings (SSSR count). The fourth-order valence-electron chi connectivity index (χ4n) is 2.64. The fraction of sp³-hybridized carbons (Fsp3) is 0.267. The van der Waals surface area contributed by atoms with E-state index >= 15 is 0 Å². The molecule has 2 aromatic carbocycles. The van der Waals surface area contributed by atoms with E-state index in [1.54, 1.807) is 0 Å². The number of nitrogens with zero attached hydrogens (tertiary/aromatic N) is 1. The third-order valence-corrected chi connectivity index (χ3v) is 3.63. The van der Waals surface area contributed by atoms with E-state index < -0.39 is 0 Å². The first-order valence-electron chi connectivity index (χ1n) is 6.51. The number of benzene rings is 2. The summed E-state index contributed by atoms with van der Waals surface area (Å²) >= 11 is 0. The average molecular weight is 255 g/mol. The highest BCUT2D eigenvalue weighted by atomic mass is 16.1. The van der Waals surface area contributed by atoms with Crippen LogP contribution < -0.4 is 16.0 Å². The maximum absolute atomic E-state index is 11.3. The maximum Gasteiger partial charge on any atom is 0.236 e. The molecule has 19 heavy (non-hydrogen) atoms. The average Bonchev–Trinajstić information content (AvgIpc) is 2.47. The van der Waals surface area contributed by atoms with Crippen LogP contribution in [0.4, 0.5) is 5.69 Å². The predicted molar refractivity (Wildman–Crippen MR) is 77.1 cm³/mol. The SMILES string of the molecule is NC(=O)C1CN(c2cccc3ccccc23)CCN1. The molecule has 1 atom stereocenters. The third-order valence-electron chi connectivity index (χ3n) is 3.63. The Hall–Kier alpha value is -2.07. The summed E-state index contributed by atoms with van der Waals surface area (Å²) in [5.74, 6) is -0.287. The quantitative estimate of drug-likeness (QED) is 0.845. The Kier molecular flexibility index (Phi) is 3.09. The van der Waals surface area contributed by atoms with E-state index in [4.69, 9.17) is 5.73 Å². The second kappa shape index (κ2) is 4.90. The van der Waals surface area contributed by atoms with Gasteiger partial charge in [-0.2, -0.15) is 0 Å². The van der Waals surface area contributed by atoms with Gasteiger partial charge >= 0.3 is 0 Å². The minimum atomic E-state index is -0.287. The number of nitrogens with two attached hydrogens (primary N) is 1. The molecule has 1 aliphatic heterocycles. The summed E-state index contributed by atoms with van der Waals surface area (Å²) in [5.41, 5.74) is 6.56. The molecule has 0 spiro atoms. The number of carbonyl (C=O) groups is 1. The molecule has 0 radical (unpaired) electrons. The molecule has 0 saturated carbocycles. The van der Waals surface area contributed by atoms with Gasteiger partial charge in [-0.05, 0) is 11.5 Å². The first-order chi connectivity index (χ1) is 9.25. The van der Waals surface area contributed by atoms with Gasteiger partial charge < -0.3 is 16.0 Å². The largest absolute Gasteiger partial charge is 0.368 e. The van der Waals surface area contributed by atoms with Crippen molar-refractivity contribution in [3.63, 3.8) is 0 Å². The van der Waals surface area contributed by atoms with Crippen LogP contribution >= 0.6 is 0 Å². The van der Waals surface area contributed by atoms with Gasteiger partial charge in [-0.25, -0.2) is 0 Å². The van der Waals surface area contributed by atoms with Crippen molar-refractivity contribution >= 4 is 22.4 Å². The molecule has 4 nitrogen and oxygen atoms in total. The summed E-state index contributed by atoms with van der Waals surface area (Å²) in [7, 11) is 0. The Morgan fingerprint density at radius 1 is 1.21 bits per heavy atom. The number of hydrogen-bond donors (Lipinski definition) is 2. The van der Waals surface area contributed by atoms with Gasteiger partial charge in [0.25, 0.3) is 0 Å². The molecule has 1 unspecified atom stereocenters. The first-order valence-corrected chi connectivity index (χ1v) is 6.51. The molecule has 1 fully saturated rings. The molecular weight excluding hydrogens is 238 g/mol. The van der Waals surface area contributed by atoms with E-state index in [9.17, 15) is 4.79 Å². The van der Waals surface area contributed by atoms with E-state index in [1.165, 1.54) is 16.5 Å². The van der Waals surface area contributed by atoms with Gasteiger partial charge in [0.05, 0.1) is 0 Å². The standard InChI is InChI=1S/C15H17N3O/c16-15(19)13-10-18(9-8-17-13)14-7-3-5-11-4-1-2-6-12(11)14/h1-7,13,17H,8-10H2,(H2,16,19). The van der Waals surface area contributed by atoms with Crippen molar-refractivity contribution in [1.29, 1.82) is 0 Å². The van der Waals surface area contributed by atoms with Crippen molar-refractivity contribution in [3.05, 3.63) is 42.5 Å². The topological polar surface area (TPSA) is 58.4 Å². The second-order valence-corrected chi connectivity index (χ2v) is 4.85. The zero-order valence-corrected chi connectivity index (χ0v) is 10.7. The van der Waals surface area contributed by atoms with E-state index in [2.05, 4.69) is 40.5 Å². The minimum absolute atomic E-state index is 0.271. The van der Waals surface area contributed by atoms with Crippen molar-refractivity contribution in [2.75, 3.05) is 24.5 Å². The van der Waals surface area contributed by atoms with Crippen LogP contribution in [0, 0.1) is 0 Å². The van der Waals surface area contributed by atoms with Crippen molar-refractivity contribution < 1.29 is 4.79 Å². The summed E-state index contributed by atoms with van der Waals surface area (Å²) in [6, 6.07) is 14.3. The van der Waals surface area contributed by atoms with Crippen LogP contribution in [0.1, 0.15) is 0 Å². The fourth-order valence-corrected chi connectivity index (χ4v) is 2.64. The van der Waals surface area contributed by atoms with Crippen molar-refractivity contribution in [3.8, 4) is 0 Å². The Balaban J connectivity index is 1.97. The van der Waals surface area contributed by atoms with Crippen LogP contribution in [0.25, 0.3) is 10.8 Å². The monoisotopic (exact) mass is 255 g/mol. The molecule has 2 aromatic rings. The molecule has 4 heteroatoms. The molecular formula is C15H17N3O. The first kappa shape index (κ1) is 12.0. The lowest BCUT2D eigenvalue weighted by Crippen LogP contribution is -2.56. The number of rotatable bonds is 2. The minimum Gasteiger partial charge on any atom is -0.368 e. The lowest BCUT2D eigenvalue weighted by atomic mass is 10.1. The summed E-state index contributed by atoms with van der Waals surface area (Å²) < 4.78 is 0. The molecule has 0 aliphatic carbocycles. The molecule has 98 valence electrons. The molecule has 1 saturated heterocycles. The van der Waals surface area contributed by atoms with E-state index in [0.717, 1.165) is 13.1 Å². The molecule has 1 heterocycles. The molecule has 3 N–H and O–H groups in total. The number of anilines is 1. The van der Waals surface area contributed by atoms with Gasteiger partial charge in [-0.15, -0.1) is 0 Å². The number of primary amides is 1. The summed E-state index contributed by atoms with van der Waals surface area (Å²) in [5, 5.41) is 5.58. The molecule has 0 aromatic heterocycles. The Labute approximate surface area is 112 Å². The van der Waals surface area contributed by atoms with E-state index in [-0.39, 0.29) is 11.9 Å². The van der Waals surface area contributed by atoms with Gasteiger partial charge in [0, 0.05) is 30.7 Å². The van der Waals surface area contributed by atoms with Crippen LogP contribution in [0.5, 0.6) is 0 Å². The highest BCUT2D eigenvalue weighted by Crippen LogP contribution is 2.27. The summed E-state index contributed by atoms with van der Waals surface area (Å²) in [6.07, 6.45) is 0. The predicted octanol–water partition coefficient (Wildman–Crippen LogP) is 1.10. The summed E-state index contributed by atoms with van der Waals surface area (Å²) in [4.78, 5) is 13.6. The Morgan fingerprint density at radius 2 is 2.00 bits per heavy atom. The Morgan fingerprint density at radius 3 is 2.84 bits per heavy atom. The third kappa shape index (κ3) is 2.27. The second-order valence-electron chi connectivity index (χ2n) is 4.85. The van der Waals surface area contributed by atoms with Gasteiger partial charge in [0.1, 0.15) is 6.04 Å². The van der Waals surface area contributed by atoms with Crippen LogP contribution in [0.2, 0.25) is 0 Å². The normalized spacial score (nSPS) is 19.6. The van der Waals surface area contributed by atoms with Crippen molar-refractivity contribution in [1.82, 2.24) is 5.32 Å². The number of piperazine rings is 1. The smallest absolute Gasteiger partial charge is 0.236 e. The number of fused-ring (bicyclic) bond motifs is 1. The Bertz CT molecular complexity index is 606. The molecule has 0 bridgehead atoms. The molecule has 1 amide bonds. The lowest BCUT2D eigenvalue weighted by molar-refractivity contribution is -0.120. The zero-order chi connectivity index (χ0) is 13.2. The van der Waals surface area contributed by atoms with Gasteiger partial charge in [-0.3, -0.25) is 4.79 Å². The highest BCUT2D eigenvalue weighted by Gasteiger charge is 2.24. The number of nitrogens with one attached hydrogen (secondary N) is 1. The molecule has 1 aliphatic rings. The van der Waals surface area contributed by atoms with Crippen LogP contribution in [0.3, 0.4) is 0 Å². The zero-order valence-electron chi connectivity index (χ0n) is 10.7. The summed E-state index contributed by atoms with van der Waals surface area (Å²) in [6.45, 7) is 2.29. The van der Waals surface area contributed by atoms with Crippen molar-refractivity contribution in [2.45, 2.75) is 6.04 Å². The number of carbonyl (C=O) groups excluding carboxylic acids is 1. The van der Waals surface area contributed by atoms with Crippen molar-refractivity contribution in [2.24, 2.45) is 5.73 Å². The lowest BCUT2D eigenvalue weighted by Gasteiger charge is -2.34. The van der Waals surface area contributed by atoms with Gasteiger partial charge in [-0.1, -0.05) is 36.4 Å². The maximum atomic E-state index is 11.3. The van der Waals surface area contributed by atoms with Crippen LogP contribution in [-0.2, 0) is 4.79 Å². The highest BCUT2D eigenvalue weighted by molar-refractivity contribution is 5.94. The van der Waals surface area contributed by atoms with E-state index in [0.29, 0.717) is 6.54 Å². The van der Waals surface area contributed by atoms with Crippen LogP contribution in [0.15, 0.2) is 42.5 Å². The number of hydrogen-bond acceptors (Lipinski definition) is 3. The number of amides is 1.